The van der Waals surface area contributed by atoms with Crippen molar-refractivity contribution in [3.63, 3.8) is 0 Å². The zero-order valence-electron chi connectivity index (χ0n) is 14.9. The number of methoxy groups -OCH3 is 1. The summed E-state index contributed by atoms with van der Waals surface area (Å²) in [5.41, 5.74) is 1.77. The van der Waals surface area contributed by atoms with E-state index < -0.39 is 17.8 Å². The van der Waals surface area contributed by atoms with Crippen molar-refractivity contribution in [2.75, 3.05) is 14.2 Å². The molecule has 8 heteroatoms. The van der Waals surface area contributed by atoms with E-state index >= 15 is 0 Å². The number of ether oxygens (including phenoxy) is 1. The number of benzene rings is 1. The molecule has 0 atom stereocenters. The van der Waals surface area contributed by atoms with Crippen molar-refractivity contribution in [3.05, 3.63) is 52.8 Å². The summed E-state index contributed by atoms with van der Waals surface area (Å²) in [5, 5.41) is 2.49. The molecule has 2 heterocycles. The number of nitrogens with zero attached hydrogens (tertiary/aromatic N) is 1. The van der Waals surface area contributed by atoms with Gasteiger partial charge in [-0.05, 0) is 49.0 Å². The Morgan fingerprint density at radius 3 is 2.70 bits per heavy atom. The number of amides is 2. The summed E-state index contributed by atoms with van der Waals surface area (Å²) in [4.78, 5) is 37.3. The number of likely N-dealkylation sites (N-methyl/N-ethyl adjacent to an activating group) is 1. The highest BCUT2D eigenvalue weighted by atomic mass is 32.1. The summed E-state index contributed by atoms with van der Waals surface area (Å²) in [6, 6.07) is 8.54. The topological polar surface area (TPSA) is 88.9 Å². The average Bonchev–Trinajstić information content (AvgIpc) is 3.11. The lowest BCUT2D eigenvalue weighted by atomic mass is 10.0. The first-order valence-corrected chi connectivity index (χ1v) is 8.37. The summed E-state index contributed by atoms with van der Waals surface area (Å²) in [7, 11) is 2.80. The molecule has 1 aromatic carbocycles. The smallest absolute Gasteiger partial charge is 0.338 e. The summed E-state index contributed by atoms with van der Waals surface area (Å²) in [6.07, 6.45) is 1.36. The van der Waals surface area contributed by atoms with Crippen molar-refractivity contribution in [1.82, 2.24) is 10.2 Å². The second-order valence-corrected chi connectivity index (χ2v) is 6.24. The molecular weight excluding hydrogens is 368 g/mol. The minimum atomic E-state index is -0.579. The summed E-state index contributed by atoms with van der Waals surface area (Å²) >= 11 is 4.91. The molecule has 138 valence electrons. The predicted octanol–water partition coefficient (Wildman–Crippen LogP) is 2.30. The second-order valence-electron chi connectivity index (χ2n) is 5.85. The van der Waals surface area contributed by atoms with Crippen LogP contribution in [0.4, 0.5) is 0 Å². The lowest BCUT2D eigenvalue weighted by Crippen LogP contribution is -2.52. The lowest BCUT2D eigenvalue weighted by Gasteiger charge is -2.24. The van der Waals surface area contributed by atoms with Crippen LogP contribution in [0.2, 0.25) is 0 Å². The molecule has 1 aromatic heterocycles. The second kappa shape index (κ2) is 7.16. The van der Waals surface area contributed by atoms with Crippen LogP contribution in [-0.4, -0.2) is 42.0 Å². The number of hydrogen-bond donors (Lipinski definition) is 1. The van der Waals surface area contributed by atoms with Gasteiger partial charge in [0.25, 0.3) is 11.8 Å². The summed E-state index contributed by atoms with van der Waals surface area (Å²) < 4.78 is 10.5. The van der Waals surface area contributed by atoms with Crippen molar-refractivity contribution in [3.8, 4) is 11.3 Å². The first-order chi connectivity index (χ1) is 12.8. The van der Waals surface area contributed by atoms with Crippen LogP contribution in [0, 0.1) is 6.92 Å². The predicted molar refractivity (Wildman–Crippen MR) is 102 cm³/mol. The van der Waals surface area contributed by atoms with Crippen LogP contribution in [0.3, 0.4) is 0 Å². The monoisotopic (exact) mass is 384 g/mol. The molecule has 1 aliphatic rings. The quantitative estimate of drug-likeness (QED) is 0.378. The fourth-order valence-corrected chi connectivity index (χ4v) is 2.87. The Morgan fingerprint density at radius 1 is 1.26 bits per heavy atom. The van der Waals surface area contributed by atoms with Crippen LogP contribution in [0.5, 0.6) is 0 Å². The molecule has 0 spiro atoms. The van der Waals surface area contributed by atoms with Crippen molar-refractivity contribution in [2.45, 2.75) is 6.92 Å². The first kappa shape index (κ1) is 18.5. The van der Waals surface area contributed by atoms with Crippen LogP contribution >= 0.6 is 12.2 Å². The van der Waals surface area contributed by atoms with E-state index in [-0.39, 0.29) is 10.7 Å². The van der Waals surface area contributed by atoms with Gasteiger partial charge in [0.05, 0.1) is 12.7 Å². The third-order valence-corrected chi connectivity index (χ3v) is 4.60. The Balaban J connectivity index is 1.97. The molecule has 0 aliphatic carbocycles. The maximum Gasteiger partial charge on any atom is 0.338 e. The van der Waals surface area contributed by atoms with Gasteiger partial charge >= 0.3 is 5.97 Å². The molecule has 1 fully saturated rings. The number of carbonyl (C=O) groups excluding carboxylic acids is 3. The number of esters is 1. The number of nitrogens with one attached hydrogen (secondary N) is 1. The van der Waals surface area contributed by atoms with Gasteiger partial charge < -0.3 is 9.15 Å². The van der Waals surface area contributed by atoms with Gasteiger partial charge in [-0.15, -0.1) is 0 Å². The van der Waals surface area contributed by atoms with E-state index in [0.29, 0.717) is 28.2 Å². The normalized spacial score (nSPS) is 15.9. The number of rotatable bonds is 3. The van der Waals surface area contributed by atoms with Crippen molar-refractivity contribution >= 4 is 41.2 Å². The van der Waals surface area contributed by atoms with Gasteiger partial charge in [-0.2, -0.15) is 0 Å². The fraction of sp³-hybridized carbons (Fsp3) is 0.158. The average molecular weight is 384 g/mol. The van der Waals surface area contributed by atoms with E-state index in [2.05, 4.69) is 5.32 Å². The number of furan rings is 1. The number of thiocarbonyl (C=S) groups is 1. The molecular formula is C19H16N2O5S. The van der Waals surface area contributed by atoms with Gasteiger partial charge in [0.1, 0.15) is 17.1 Å². The standard InChI is InChI=1S/C19H16N2O5S/c1-10-12(5-4-6-13(10)18(24)25-3)15-8-7-11(26-15)9-14-16(22)20-19(27)21(2)17(14)23/h4-9H,1-3H3,(H,20,22,27)/b14-9+. The molecule has 3 rings (SSSR count). The van der Waals surface area contributed by atoms with Gasteiger partial charge in [0, 0.05) is 12.6 Å². The van der Waals surface area contributed by atoms with E-state index in [9.17, 15) is 14.4 Å². The largest absolute Gasteiger partial charge is 0.465 e. The number of hydrogen-bond acceptors (Lipinski definition) is 6. The van der Waals surface area contributed by atoms with Crippen molar-refractivity contribution in [1.29, 1.82) is 0 Å². The zero-order chi connectivity index (χ0) is 19.7. The molecule has 7 nitrogen and oxygen atoms in total. The minimum Gasteiger partial charge on any atom is -0.465 e. The van der Waals surface area contributed by atoms with Crippen LogP contribution in [0.15, 0.2) is 40.3 Å². The molecule has 1 saturated heterocycles. The van der Waals surface area contributed by atoms with E-state index in [1.807, 2.05) is 6.07 Å². The molecule has 27 heavy (non-hydrogen) atoms. The van der Waals surface area contributed by atoms with Crippen LogP contribution in [0.25, 0.3) is 17.4 Å². The molecule has 0 radical (unpaired) electrons. The molecule has 0 unspecified atom stereocenters. The molecule has 1 N–H and O–H groups in total. The van der Waals surface area contributed by atoms with Crippen LogP contribution < -0.4 is 5.32 Å². The third-order valence-electron chi connectivity index (χ3n) is 4.22. The molecule has 2 aromatic rings. The summed E-state index contributed by atoms with van der Waals surface area (Å²) in [5.74, 6) is -0.701. The third kappa shape index (κ3) is 3.39. The summed E-state index contributed by atoms with van der Waals surface area (Å²) in [6.45, 7) is 1.79. The SMILES string of the molecule is COC(=O)c1cccc(-c2ccc(/C=C3\C(=O)NC(=S)N(C)C3=O)o2)c1C. The minimum absolute atomic E-state index is 0.0533. The maximum atomic E-state index is 12.3. The number of carbonyl (C=O) groups is 3. The van der Waals surface area contributed by atoms with E-state index in [1.54, 1.807) is 31.2 Å². The zero-order valence-corrected chi connectivity index (χ0v) is 15.7. The molecule has 2 amide bonds. The maximum absolute atomic E-state index is 12.3. The van der Waals surface area contributed by atoms with Gasteiger partial charge in [0.2, 0.25) is 0 Å². The van der Waals surface area contributed by atoms with Gasteiger partial charge in [0.15, 0.2) is 5.11 Å². The van der Waals surface area contributed by atoms with Crippen LogP contribution in [-0.2, 0) is 14.3 Å². The highest BCUT2D eigenvalue weighted by Crippen LogP contribution is 2.29. The van der Waals surface area contributed by atoms with Crippen LogP contribution in [0.1, 0.15) is 21.7 Å². The van der Waals surface area contributed by atoms with Gasteiger partial charge in [-0.25, -0.2) is 4.79 Å². The Labute approximate surface area is 160 Å². The highest BCUT2D eigenvalue weighted by Gasteiger charge is 2.31. The molecule has 0 saturated carbocycles. The Kier molecular flexibility index (Phi) is 4.91. The van der Waals surface area contributed by atoms with E-state index in [1.165, 1.54) is 25.1 Å². The fourth-order valence-electron chi connectivity index (χ4n) is 2.70. The van der Waals surface area contributed by atoms with Crippen molar-refractivity contribution < 1.29 is 23.5 Å². The van der Waals surface area contributed by atoms with Gasteiger partial charge in [-0.1, -0.05) is 12.1 Å². The van der Waals surface area contributed by atoms with E-state index in [0.717, 1.165) is 0 Å². The molecule has 1 aliphatic heterocycles. The molecule has 0 bridgehead atoms. The van der Waals surface area contributed by atoms with E-state index in [4.69, 9.17) is 21.4 Å². The Hall–Kier alpha value is -3.26. The Bertz CT molecular complexity index is 1010. The van der Waals surface area contributed by atoms with Gasteiger partial charge in [-0.3, -0.25) is 19.8 Å². The lowest BCUT2D eigenvalue weighted by molar-refractivity contribution is -0.128. The Morgan fingerprint density at radius 2 is 2.00 bits per heavy atom. The van der Waals surface area contributed by atoms with Crippen molar-refractivity contribution in [2.24, 2.45) is 0 Å². The highest BCUT2D eigenvalue weighted by molar-refractivity contribution is 7.80. The first-order valence-electron chi connectivity index (χ1n) is 7.96.